The summed E-state index contributed by atoms with van der Waals surface area (Å²) in [5.41, 5.74) is 4.72. The summed E-state index contributed by atoms with van der Waals surface area (Å²) in [4.78, 5) is 0. The topological polar surface area (TPSA) is 15.6 Å². The molecule has 3 aromatic rings. The number of rotatable bonds is 3. The van der Waals surface area contributed by atoms with E-state index in [0.717, 1.165) is 22.3 Å². The van der Waals surface area contributed by atoms with Crippen LogP contribution in [0.15, 0.2) is 94.5 Å². The summed E-state index contributed by atoms with van der Waals surface area (Å²) in [6.45, 7) is 0. The quantitative estimate of drug-likeness (QED) is 0.563. The molecule has 1 aliphatic rings. The first-order valence-corrected chi connectivity index (χ1v) is 8.83. The minimum absolute atomic E-state index is 0.229. The van der Waals surface area contributed by atoms with E-state index in [9.17, 15) is 0 Å². The van der Waals surface area contributed by atoms with Gasteiger partial charge < -0.3 is 0 Å². The van der Waals surface area contributed by atoms with Crippen molar-refractivity contribution >= 4 is 27.3 Å². The van der Waals surface area contributed by atoms with Crippen molar-refractivity contribution in [2.45, 2.75) is 12.5 Å². The number of anilines is 1. The zero-order valence-electron chi connectivity index (χ0n) is 13.1. The fourth-order valence-corrected chi connectivity index (χ4v) is 3.35. The summed E-state index contributed by atoms with van der Waals surface area (Å²) >= 11 is 3.50. The molecule has 3 heteroatoms. The molecule has 0 saturated heterocycles. The van der Waals surface area contributed by atoms with Gasteiger partial charge in [-0.2, -0.15) is 5.10 Å². The van der Waals surface area contributed by atoms with E-state index in [-0.39, 0.29) is 6.04 Å². The van der Waals surface area contributed by atoms with Gasteiger partial charge in [0.2, 0.25) is 0 Å². The van der Waals surface area contributed by atoms with Crippen LogP contribution in [0, 0.1) is 0 Å². The zero-order valence-corrected chi connectivity index (χ0v) is 14.7. The molecule has 0 unspecified atom stereocenters. The second-order valence-electron chi connectivity index (χ2n) is 5.86. The molecule has 1 heterocycles. The van der Waals surface area contributed by atoms with Crippen LogP contribution in [0.25, 0.3) is 0 Å². The van der Waals surface area contributed by atoms with Crippen LogP contribution in [-0.4, -0.2) is 5.71 Å². The Morgan fingerprint density at radius 2 is 1.42 bits per heavy atom. The predicted molar refractivity (Wildman–Crippen MR) is 103 cm³/mol. The molecular formula is C21H17BrN2. The lowest BCUT2D eigenvalue weighted by Gasteiger charge is -2.23. The monoisotopic (exact) mass is 376 g/mol. The van der Waals surface area contributed by atoms with Crippen LogP contribution in [0.4, 0.5) is 5.69 Å². The van der Waals surface area contributed by atoms with Gasteiger partial charge in [-0.3, -0.25) is 5.01 Å². The third kappa shape index (κ3) is 3.00. The molecule has 24 heavy (non-hydrogen) atoms. The maximum absolute atomic E-state index is 4.95. The largest absolute Gasteiger partial charge is 0.257 e. The van der Waals surface area contributed by atoms with Gasteiger partial charge in [0.05, 0.1) is 17.4 Å². The maximum atomic E-state index is 4.95. The van der Waals surface area contributed by atoms with Crippen LogP contribution in [0.1, 0.15) is 23.6 Å². The summed E-state index contributed by atoms with van der Waals surface area (Å²) in [6, 6.07) is 29.6. The van der Waals surface area contributed by atoms with Crippen molar-refractivity contribution in [2.24, 2.45) is 5.10 Å². The molecule has 0 aliphatic carbocycles. The molecule has 0 saturated carbocycles. The van der Waals surface area contributed by atoms with Gasteiger partial charge in [0.25, 0.3) is 0 Å². The molecule has 0 N–H and O–H groups in total. The summed E-state index contributed by atoms with van der Waals surface area (Å²) in [5.74, 6) is 0. The summed E-state index contributed by atoms with van der Waals surface area (Å²) < 4.78 is 1.09. The van der Waals surface area contributed by atoms with Gasteiger partial charge in [-0.15, -0.1) is 0 Å². The number of benzene rings is 3. The van der Waals surface area contributed by atoms with E-state index in [1.807, 2.05) is 6.07 Å². The average molecular weight is 377 g/mol. The van der Waals surface area contributed by atoms with E-state index in [1.54, 1.807) is 0 Å². The third-order valence-corrected chi connectivity index (χ3v) is 4.82. The second-order valence-corrected chi connectivity index (χ2v) is 6.78. The van der Waals surface area contributed by atoms with Gasteiger partial charge in [0, 0.05) is 10.9 Å². The van der Waals surface area contributed by atoms with Gasteiger partial charge in [-0.1, -0.05) is 76.6 Å². The molecule has 0 amide bonds. The lowest BCUT2D eigenvalue weighted by Crippen LogP contribution is -2.18. The molecule has 118 valence electrons. The van der Waals surface area contributed by atoms with Crippen molar-refractivity contribution < 1.29 is 0 Å². The highest BCUT2D eigenvalue weighted by atomic mass is 79.9. The van der Waals surface area contributed by atoms with Crippen LogP contribution in [0.5, 0.6) is 0 Å². The van der Waals surface area contributed by atoms with Crippen molar-refractivity contribution in [2.75, 3.05) is 5.01 Å². The first kappa shape index (κ1) is 15.2. The van der Waals surface area contributed by atoms with E-state index in [0.29, 0.717) is 0 Å². The highest BCUT2D eigenvalue weighted by molar-refractivity contribution is 9.10. The van der Waals surface area contributed by atoms with Gasteiger partial charge in [0.1, 0.15) is 0 Å². The first-order chi connectivity index (χ1) is 11.8. The summed E-state index contributed by atoms with van der Waals surface area (Å²) in [5, 5.41) is 7.10. The van der Waals surface area contributed by atoms with Crippen LogP contribution in [0.3, 0.4) is 0 Å². The molecule has 3 aromatic carbocycles. The molecule has 0 spiro atoms. The number of hydrazone groups is 1. The van der Waals surface area contributed by atoms with Crippen molar-refractivity contribution in [3.05, 3.63) is 101 Å². The Kier molecular flexibility index (Phi) is 4.18. The standard InChI is InChI=1S/C21H17BrN2/c22-18-13-11-16(12-14-18)20-15-21(17-7-3-1-4-8-17)24(23-20)19-9-5-2-6-10-19/h1-14,21H,15H2/t21-/m0/s1. The normalized spacial score (nSPS) is 17.0. The highest BCUT2D eigenvalue weighted by Crippen LogP contribution is 2.36. The highest BCUT2D eigenvalue weighted by Gasteiger charge is 2.29. The summed E-state index contributed by atoms with van der Waals surface area (Å²) in [6.07, 6.45) is 0.903. The summed E-state index contributed by atoms with van der Waals surface area (Å²) in [7, 11) is 0. The Labute approximate surface area is 150 Å². The van der Waals surface area contributed by atoms with Crippen molar-refractivity contribution in [1.82, 2.24) is 0 Å². The Morgan fingerprint density at radius 1 is 0.792 bits per heavy atom. The number of halogens is 1. The van der Waals surface area contributed by atoms with Crippen LogP contribution >= 0.6 is 15.9 Å². The number of para-hydroxylation sites is 1. The Morgan fingerprint density at radius 3 is 2.08 bits per heavy atom. The van der Waals surface area contributed by atoms with E-state index in [4.69, 9.17) is 5.10 Å². The molecular weight excluding hydrogens is 360 g/mol. The molecule has 2 nitrogen and oxygen atoms in total. The van der Waals surface area contributed by atoms with E-state index < -0.39 is 0 Å². The van der Waals surface area contributed by atoms with E-state index >= 15 is 0 Å². The third-order valence-electron chi connectivity index (χ3n) is 4.29. The minimum atomic E-state index is 0.229. The minimum Gasteiger partial charge on any atom is -0.257 e. The van der Waals surface area contributed by atoms with Crippen molar-refractivity contribution in [3.8, 4) is 0 Å². The SMILES string of the molecule is Brc1ccc(C2=NN(c3ccccc3)[C@H](c3ccccc3)C2)cc1. The Hall–Kier alpha value is -2.39. The number of hydrogen-bond acceptors (Lipinski definition) is 2. The predicted octanol–water partition coefficient (Wildman–Crippen LogP) is 5.80. The van der Waals surface area contributed by atoms with Crippen molar-refractivity contribution in [1.29, 1.82) is 0 Å². The van der Waals surface area contributed by atoms with Crippen molar-refractivity contribution in [3.63, 3.8) is 0 Å². The van der Waals surface area contributed by atoms with Crippen LogP contribution < -0.4 is 5.01 Å². The number of nitrogens with zero attached hydrogens (tertiary/aromatic N) is 2. The molecule has 0 bridgehead atoms. The fourth-order valence-electron chi connectivity index (χ4n) is 3.08. The smallest absolute Gasteiger partial charge is 0.0831 e. The maximum Gasteiger partial charge on any atom is 0.0831 e. The fraction of sp³-hybridized carbons (Fsp3) is 0.0952. The second kappa shape index (κ2) is 6.62. The van der Waals surface area contributed by atoms with Crippen LogP contribution in [0.2, 0.25) is 0 Å². The molecule has 0 aromatic heterocycles. The molecule has 1 atom stereocenters. The lowest BCUT2D eigenvalue weighted by atomic mass is 9.98. The molecule has 0 radical (unpaired) electrons. The average Bonchev–Trinajstić information content (AvgIpc) is 3.09. The molecule has 4 rings (SSSR count). The molecule has 1 aliphatic heterocycles. The van der Waals surface area contributed by atoms with Gasteiger partial charge >= 0.3 is 0 Å². The van der Waals surface area contributed by atoms with Gasteiger partial charge in [-0.05, 0) is 35.4 Å². The zero-order chi connectivity index (χ0) is 16.4. The Bertz CT molecular complexity index is 842. The van der Waals surface area contributed by atoms with E-state index in [1.165, 1.54) is 11.1 Å². The number of hydrogen-bond donors (Lipinski definition) is 0. The first-order valence-electron chi connectivity index (χ1n) is 8.04. The van der Waals surface area contributed by atoms with Gasteiger partial charge in [0.15, 0.2) is 0 Å². The lowest BCUT2D eigenvalue weighted by molar-refractivity contribution is 0.709. The van der Waals surface area contributed by atoms with Gasteiger partial charge in [-0.25, -0.2) is 0 Å². The molecule has 0 fully saturated rings. The van der Waals surface area contributed by atoms with E-state index in [2.05, 4.69) is 99.8 Å². The Balaban J connectivity index is 1.74. The van der Waals surface area contributed by atoms with Crippen LogP contribution in [-0.2, 0) is 0 Å².